The van der Waals surface area contributed by atoms with Gasteiger partial charge in [-0.1, -0.05) is 28.1 Å². The van der Waals surface area contributed by atoms with Gasteiger partial charge in [-0.05, 0) is 29.9 Å². The number of benzene rings is 1. The Hall–Kier alpha value is -0.870. The van der Waals surface area contributed by atoms with E-state index in [1.165, 1.54) is 19.3 Å². The molecule has 94 valence electrons. The van der Waals surface area contributed by atoms with Gasteiger partial charge >= 0.3 is 4.87 Å². The minimum atomic E-state index is 0.966. The Morgan fingerprint density at radius 3 is 2.50 bits per heavy atom. The van der Waals surface area contributed by atoms with Crippen LogP contribution in [0.4, 0.5) is 0 Å². The van der Waals surface area contributed by atoms with Crippen LogP contribution in [0.3, 0.4) is 0 Å². The monoisotopic (exact) mass is 324 g/mol. The molecule has 2 aromatic rings. The number of piperidine rings is 1. The zero-order chi connectivity index (χ0) is 12.4. The molecule has 0 N–H and O–H groups in total. The van der Waals surface area contributed by atoms with E-state index in [1.807, 2.05) is 12.1 Å². The summed E-state index contributed by atoms with van der Waals surface area (Å²) in [5, 5.41) is 2.10. The summed E-state index contributed by atoms with van der Waals surface area (Å²) in [4.78, 5) is 1.05. The molecule has 1 saturated heterocycles. The number of hydrogen-bond donors (Lipinski definition) is 0. The largest absolute Gasteiger partial charge is 0.430 e. The first-order valence-electron chi connectivity index (χ1n) is 6.25. The van der Waals surface area contributed by atoms with E-state index in [1.54, 1.807) is 11.3 Å². The molecule has 3 rings (SSSR count). The molecule has 0 spiro atoms. The Morgan fingerprint density at radius 2 is 1.78 bits per heavy atom. The van der Waals surface area contributed by atoms with Crippen LogP contribution in [-0.4, -0.2) is 13.1 Å². The molecule has 4 heteroatoms. The highest BCUT2D eigenvalue weighted by atomic mass is 79.9. The summed E-state index contributed by atoms with van der Waals surface area (Å²) in [7, 11) is 0. The third-order valence-corrected chi connectivity index (χ3v) is 4.61. The average Bonchev–Trinajstić information content (AvgIpc) is 2.90. The maximum atomic E-state index is 5.98. The topological polar surface area (TPSA) is 16.1 Å². The highest BCUT2D eigenvalue weighted by Crippen LogP contribution is 2.21. The number of halogens is 1. The van der Waals surface area contributed by atoms with Gasteiger partial charge in [0.05, 0.1) is 0 Å². The van der Waals surface area contributed by atoms with Gasteiger partial charge in [-0.3, -0.25) is 0 Å². The molecular weight excluding hydrogens is 310 g/mol. The molecule has 18 heavy (non-hydrogen) atoms. The van der Waals surface area contributed by atoms with E-state index in [-0.39, 0.29) is 0 Å². The second-order valence-corrected chi connectivity index (χ2v) is 6.26. The lowest BCUT2D eigenvalue weighted by molar-refractivity contribution is 0.393. The quantitative estimate of drug-likeness (QED) is 0.730. The van der Waals surface area contributed by atoms with Crippen molar-refractivity contribution in [1.29, 1.82) is 0 Å². The standard InChI is InChI=1S/C14H15BrNOS/c15-12-6-4-11(5-7-12)13-10-18-14(17-13)16-8-2-1-3-9-16/h4-7,10H,1-3,8-9H2/q+1. The third-order valence-electron chi connectivity index (χ3n) is 3.21. The molecule has 0 saturated carbocycles. The van der Waals surface area contributed by atoms with Crippen molar-refractivity contribution in [3.63, 3.8) is 0 Å². The van der Waals surface area contributed by atoms with E-state index in [0.29, 0.717) is 0 Å². The minimum absolute atomic E-state index is 0.966. The van der Waals surface area contributed by atoms with Gasteiger partial charge in [0.1, 0.15) is 13.1 Å². The van der Waals surface area contributed by atoms with Crippen LogP contribution < -0.4 is 9.44 Å². The van der Waals surface area contributed by atoms with E-state index in [4.69, 9.17) is 4.42 Å². The molecule has 1 fully saturated rings. The fraction of sp³-hybridized carbons (Fsp3) is 0.357. The molecule has 2 heterocycles. The predicted molar refractivity (Wildman–Crippen MR) is 78.6 cm³/mol. The second-order valence-electron chi connectivity index (χ2n) is 4.52. The minimum Gasteiger partial charge on any atom is -0.396 e. The summed E-state index contributed by atoms with van der Waals surface area (Å²) < 4.78 is 9.43. The molecule has 1 aromatic carbocycles. The van der Waals surface area contributed by atoms with Crippen molar-refractivity contribution in [1.82, 2.24) is 4.58 Å². The number of rotatable bonds is 1. The van der Waals surface area contributed by atoms with Crippen molar-refractivity contribution in [2.24, 2.45) is 0 Å². The summed E-state index contributed by atoms with van der Waals surface area (Å²) in [6, 6.07) is 8.25. The molecular formula is C14H15BrNOS+. The molecule has 0 aliphatic carbocycles. The first-order valence-corrected chi connectivity index (χ1v) is 7.93. The van der Waals surface area contributed by atoms with Crippen LogP contribution >= 0.6 is 27.3 Å². The summed E-state index contributed by atoms with van der Waals surface area (Å²) in [6.45, 7) is 2.26. The van der Waals surface area contributed by atoms with Crippen LogP contribution in [0.5, 0.6) is 0 Å². The summed E-state index contributed by atoms with van der Waals surface area (Å²) >= 11 is 5.15. The highest BCUT2D eigenvalue weighted by Gasteiger charge is 2.15. The molecule has 0 radical (unpaired) electrons. The molecule has 1 aliphatic rings. The van der Waals surface area contributed by atoms with Crippen LogP contribution in [0.25, 0.3) is 11.3 Å². The Morgan fingerprint density at radius 1 is 1.06 bits per heavy atom. The van der Waals surface area contributed by atoms with E-state index < -0.39 is 0 Å². The molecule has 2 nitrogen and oxygen atoms in total. The Balaban J connectivity index is 1.96. The van der Waals surface area contributed by atoms with Crippen LogP contribution in [0.2, 0.25) is 0 Å². The van der Waals surface area contributed by atoms with Crippen molar-refractivity contribution in [3.05, 3.63) is 39.0 Å². The van der Waals surface area contributed by atoms with Gasteiger partial charge in [0.15, 0.2) is 5.76 Å². The van der Waals surface area contributed by atoms with E-state index >= 15 is 0 Å². The van der Waals surface area contributed by atoms with Crippen LogP contribution in [0, 0.1) is 0 Å². The van der Waals surface area contributed by atoms with Gasteiger partial charge < -0.3 is 4.42 Å². The van der Waals surface area contributed by atoms with Crippen molar-refractivity contribution < 1.29 is 4.42 Å². The Labute approximate surface area is 119 Å². The number of nitrogens with zero attached hydrogens (tertiary/aromatic N) is 1. The van der Waals surface area contributed by atoms with Gasteiger partial charge in [-0.25, -0.2) is 0 Å². The lowest BCUT2D eigenvalue weighted by Crippen LogP contribution is -2.32. The van der Waals surface area contributed by atoms with Gasteiger partial charge in [0.25, 0.3) is 0 Å². The van der Waals surface area contributed by atoms with Crippen molar-refractivity contribution in [2.75, 3.05) is 13.1 Å². The summed E-state index contributed by atoms with van der Waals surface area (Å²) in [5.41, 5.74) is 1.14. The van der Waals surface area contributed by atoms with Gasteiger partial charge in [-0.2, -0.15) is 4.58 Å². The highest BCUT2D eigenvalue weighted by molar-refractivity contribution is 9.10. The lowest BCUT2D eigenvalue weighted by Gasteiger charge is -2.06. The molecule has 0 atom stereocenters. The van der Waals surface area contributed by atoms with Crippen LogP contribution in [-0.2, 0) is 0 Å². The molecule has 0 bridgehead atoms. The van der Waals surface area contributed by atoms with Crippen LogP contribution in [0.1, 0.15) is 19.3 Å². The van der Waals surface area contributed by atoms with E-state index in [9.17, 15) is 0 Å². The zero-order valence-electron chi connectivity index (χ0n) is 10.1. The SMILES string of the molecule is Brc1ccc(-c2csc(=[N+]3CCCCC3)o2)cc1. The number of hydrogen-bond acceptors (Lipinski definition) is 2. The smallest absolute Gasteiger partial charge is 0.396 e. The second kappa shape index (κ2) is 5.41. The zero-order valence-corrected chi connectivity index (χ0v) is 12.5. The first kappa shape index (κ1) is 12.2. The lowest BCUT2D eigenvalue weighted by atomic mass is 10.2. The van der Waals surface area contributed by atoms with Gasteiger partial charge in [-0.15, -0.1) is 0 Å². The third kappa shape index (κ3) is 2.59. The predicted octanol–water partition coefficient (Wildman–Crippen LogP) is 3.73. The first-order chi connectivity index (χ1) is 8.83. The van der Waals surface area contributed by atoms with Gasteiger partial charge in [0.2, 0.25) is 0 Å². The molecule has 1 aromatic heterocycles. The fourth-order valence-corrected chi connectivity index (χ4v) is 3.33. The van der Waals surface area contributed by atoms with Crippen molar-refractivity contribution in [3.8, 4) is 11.3 Å². The normalized spacial score (nSPS) is 15.9. The van der Waals surface area contributed by atoms with Crippen LogP contribution in [0.15, 0.2) is 38.5 Å². The molecule has 1 aliphatic heterocycles. The summed E-state index contributed by atoms with van der Waals surface area (Å²) in [6.07, 6.45) is 3.91. The molecule has 0 amide bonds. The molecule has 0 unspecified atom stereocenters. The average molecular weight is 325 g/mol. The summed E-state index contributed by atoms with van der Waals surface area (Å²) in [5.74, 6) is 0.966. The Bertz CT molecular complexity index is 589. The maximum absolute atomic E-state index is 5.98. The van der Waals surface area contributed by atoms with Gasteiger partial charge in [0, 0.05) is 28.3 Å². The van der Waals surface area contributed by atoms with Crippen molar-refractivity contribution >= 4 is 27.3 Å². The van der Waals surface area contributed by atoms with Crippen molar-refractivity contribution in [2.45, 2.75) is 19.3 Å². The fourth-order valence-electron chi connectivity index (χ4n) is 2.20. The van der Waals surface area contributed by atoms with E-state index in [2.05, 4.69) is 38.0 Å². The van der Waals surface area contributed by atoms with E-state index in [0.717, 1.165) is 33.8 Å². The maximum Gasteiger partial charge on any atom is 0.430 e. The Kier molecular flexibility index (Phi) is 3.66.